The molecule has 6 nitrogen and oxygen atoms in total. The number of piperidine rings is 1. The van der Waals surface area contributed by atoms with Crippen LogP contribution < -0.4 is 10.2 Å². The van der Waals surface area contributed by atoms with Crippen molar-refractivity contribution in [1.29, 1.82) is 0 Å². The third-order valence-electron chi connectivity index (χ3n) is 5.86. The fourth-order valence-electron chi connectivity index (χ4n) is 4.07. The number of hydrogen-bond donors (Lipinski definition) is 1. The minimum Gasteiger partial charge on any atom is -0.409 e. The summed E-state index contributed by atoms with van der Waals surface area (Å²) in [6.45, 7) is 1.84. The Hall–Kier alpha value is -3.04. The summed E-state index contributed by atoms with van der Waals surface area (Å²) in [5, 5.41) is 7.53. The molecule has 0 radical (unpaired) electrons. The summed E-state index contributed by atoms with van der Waals surface area (Å²) in [4.78, 5) is 10.3. The van der Waals surface area contributed by atoms with Crippen molar-refractivity contribution in [3.05, 3.63) is 71.3 Å². The molecule has 4 heterocycles. The third-order valence-corrected chi connectivity index (χ3v) is 6.31. The number of aromatic nitrogens is 4. The highest BCUT2D eigenvalue weighted by Gasteiger charge is 2.33. The van der Waals surface area contributed by atoms with Gasteiger partial charge in [0.2, 0.25) is 0 Å². The van der Waals surface area contributed by atoms with E-state index in [1.807, 2.05) is 23.1 Å². The van der Waals surface area contributed by atoms with Crippen LogP contribution in [0.25, 0.3) is 22.2 Å². The molecule has 1 aliphatic rings. The fraction of sp³-hybridized carbons (Fsp3) is 0.304. The first-order valence-corrected chi connectivity index (χ1v) is 11.0. The SMILES string of the molecule is FC(F)(F)c1cccc(COn2ccc3ncc(-c4cnn(C5CCNCC5)c4)cc32)c1Cl. The van der Waals surface area contributed by atoms with Crippen molar-refractivity contribution in [3.63, 3.8) is 0 Å². The van der Waals surface area contributed by atoms with Crippen molar-refractivity contribution in [2.45, 2.75) is 31.7 Å². The Labute approximate surface area is 192 Å². The van der Waals surface area contributed by atoms with Gasteiger partial charge in [0, 0.05) is 35.3 Å². The molecule has 0 unspecified atom stereocenters. The summed E-state index contributed by atoms with van der Waals surface area (Å²) >= 11 is 5.99. The van der Waals surface area contributed by atoms with E-state index in [0.717, 1.165) is 43.1 Å². The molecule has 0 amide bonds. The standard InChI is InChI=1S/C23H21ClF3N5O/c24-22-15(2-1-3-19(22)23(25,26)27)14-33-32-9-6-20-21(32)10-16(11-29-20)17-12-30-31(13-17)18-4-7-28-8-5-18/h1-3,6,9-13,18,28H,4-5,7-8,14H2. The van der Waals surface area contributed by atoms with Gasteiger partial charge in [0.25, 0.3) is 0 Å². The van der Waals surface area contributed by atoms with Crippen LogP contribution in [0.4, 0.5) is 13.2 Å². The normalized spacial score (nSPS) is 15.3. The zero-order valence-corrected chi connectivity index (χ0v) is 18.3. The second-order valence-electron chi connectivity index (χ2n) is 8.01. The van der Waals surface area contributed by atoms with Gasteiger partial charge < -0.3 is 10.2 Å². The van der Waals surface area contributed by atoms with Gasteiger partial charge in [-0.1, -0.05) is 23.7 Å². The van der Waals surface area contributed by atoms with Crippen LogP contribution in [0.5, 0.6) is 0 Å². The Morgan fingerprint density at radius 3 is 2.73 bits per heavy atom. The molecule has 1 fully saturated rings. The van der Waals surface area contributed by atoms with Crippen molar-refractivity contribution in [3.8, 4) is 11.1 Å². The highest BCUT2D eigenvalue weighted by molar-refractivity contribution is 6.32. The van der Waals surface area contributed by atoms with Gasteiger partial charge in [-0.25, -0.2) is 0 Å². The summed E-state index contributed by atoms with van der Waals surface area (Å²) in [6, 6.07) is 7.88. The van der Waals surface area contributed by atoms with E-state index in [1.165, 1.54) is 16.9 Å². The highest BCUT2D eigenvalue weighted by Crippen LogP contribution is 2.36. The lowest BCUT2D eigenvalue weighted by Gasteiger charge is -2.22. The van der Waals surface area contributed by atoms with Crippen molar-refractivity contribution < 1.29 is 18.0 Å². The van der Waals surface area contributed by atoms with Gasteiger partial charge in [0.15, 0.2) is 0 Å². The zero-order valence-electron chi connectivity index (χ0n) is 17.5. The molecule has 172 valence electrons. The highest BCUT2D eigenvalue weighted by atomic mass is 35.5. The van der Waals surface area contributed by atoms with E-state index in [9.17, 15) is 13.2 Å². The first kappa shape index (κ1) is 21.8. The van der Waals surface area contributed by atoms with E-state index in [-0.39, 0.29) is 17.2 Å². The van der Waals surface area contributed by atoms with Crippen molar-refractivity contribution in [1.82, 2.24) is 24.8 Å². The lowest BCUT2D eigenvalue weighted by molar-refractivity contribution is -0.137. The summed E-state index contributed by atoms with van der Waals surface area (Å²) < 4.78 is 42.9. The number of pyridine rings is 1. The summed E-state index contributed by atoms with van der Waals surface area (Å²) in [7, 11) is 0. The number of halogens is 4. The molecule has 33 heavy (non-hydrogen) atoms. The second kappa shape index (κ2) is 8.72. The molecular formula is C23H21ClF3N5O. The van der Waals surface area contributed by atoms with Gasteiger partial charge in [-0.15, -0.1) is 0 Å². The average Bonchev–Trinajstić information content (AvgIpc) is 3.45. The maximum absolute atomic E-state index is 13.1. The molecular weight excluding hydrogens is 455 g/mol. The van der Waals surface area contributed by atoms with Crippen LogP contribution in [0.3, 0.4) is 0 Å². The van der Waals surface area contributed by atoms with Crippen LogP contribution >= 0.6 is 11.6 Å². The van der Waals surface area contributed by atoms with Crippen molar-refractivity contribution in [2.75, 3.05) is 13.1 Å². The lowest BCUT2D eigenvalue weighted by Crippen LogP contribution is -2.29. The number of nitrogens with one attached hydrogen (secondary N) is 1. The molecule has 1 aliphatic heterocycles. The van der Waals surface area contributed by atoms with Gasteiger partial charge >= 0.3 is 6.18 Å². The molecule has 0 spiro atoms. The minimum atomic E-state index is -4.52. The van der Waals surface area contributed by atoms with E-state index in [2.05, 4.69) is 15.4 Å². The number of rotatable bonds is 5. The molecule has 1 saturated heterocycles. The van der Waals surface area contributed by atoms with E-state index in [4.69, 9.17) is 16.4 Å². The van der Waals surface area contributed by atoms with Crippen LogP contribution in [0, 0.1) is 0 Å². The maximum atomic E-state index is 13.1. The minimum absolute atomic E-state index is 0.121. The van der Waals surface area contributed by atoms with Gasteiger partial charge in [-0.05, 0) is 44.1 Å². The lowest BCUT2D eigenvalue weighted by atomic mass is 10.1. The predicted molar refractivity (Wildman–Crippen MR) is 119 cm³/mol. The number of nitrogens with zero attached hydrogens (tertiary/aromatic N) is 4. The van der Waals surface area contributed by atoms with Crippen molar-refractivity contribution >= 4 is 22.6 Å². The topological polar surface area (TPSA) is 56.9 Å². The Balaban J connectivity index is 1.38. The predicted octanol–water partition coefficient (Wildman–Crippen LogP) is 5.13. The molecule has 10 heteroatoms. The van der Waals surface area contributed by atoms with Crippen LogP contribution in [-0.4, -0.2) is 32.6 Å². The molecule has 3 aromatic heterocycles. The van der Waals surface area contributed by atoms with E-state index >= 15 is 0 Å². The van der Waals surface area contributed by atoms with Crippen LogP contribution in [0.15, 0.2) is 55.1 Å². The third kappa shape index (κ3) is 4.43. The Morgan fingerprint density at radius 1 is 1.12 bits per heavy atom. The number of fused-ring (bicyclic) bond motifs is 1. The summed E-state index contributed by atoms with van der Waals surface area (Å²) in [6.07, 6.45) is 4.85. The zero-order chi connectivity index (χ0) is 23.0. The second-order valence-corrected chi connectivity index (χ2v) is 8.39. The average molecular weight is 476 g/mol. The number of alkyl halides is 3. The Kier molecular flexibility index (Phi) is 5.76. The fourth-order valence-corrected chi connectivity index (χ4v) is 4.35. The molecule has 5 rings (SSSR count). The van der Waals surface area contributed by atoms with Gasteiger partial charge in [0.05, 0.1) is 28.3 Å². The van der Waals surface area contributed by atoms with E-state index in [1.54, 1.807) is 18.5 Å². The smallest absolute Gasteiger partial charge is 0.409 e. The molecule has 0 atom stereocenters. The van der Waals surface area contributed by atoms with E-state index in [0.29, 0.717) is 17.1 Å². The maximum Gasteiger partial charge on any atom is 0.417 e. The van der Waals surface area contributed by atoms with E-state index < -0.39 is 11.7 Å². The molecule has 1 aromatic carbocycles. The molecule has 0 saturated carbocycles. The number of hydrogen-bond acceptors (Lipinski definition) is 4. The van der Waals surface area contributed by atoms with Gasteiger partial charge in [-0.3, -0.25) is 9.67 Å². The Bertz CT molecular complexity index is 1280. The summed E-state index contributed by atoms with van der Waals surface area (Å²) in [5.74, 6) is 0. The number of benzene rings is 1. The van der Waals surface area contributed by atoms with Crippen LogP contribution in [0.1, 0.15) is 30.0 Å². The van der Waals surface area contributed by atoms with Crippen LogP contribution in [-0.2, 0) is 12.8 Å². The van der Waals surface area contributed by atoms with Crippen LogP contribution in [0.2, 0.25) is 5.02 Å². The Morgan fingerprint density at radius 2 is 1.94 bits per heavy atom. The summed E-state index contributed by atoms with van der Waals surface area (Å²) in [5.41, 5.74) is 2.60. The first-order valence-electron chi connectivity index (χ1n) is 10.6. The molecule has 0 bridgehead atoms. The molecule has 1 N–H and O–H groups in total. The van der Waals surface area contributed by atoms with Gasteiger partial charge in [-0.2, -0.15) is 23.0 Å². The molecule has 4 aromatic rings. The molecule has 0 aliphatic carbocycles. The first-order chi connectivity index (χ1) is 15.9. The monoisotopic (exact) mass is 475 g/mol. The van der Waals surface area contributed by atoms with Gasteiger partial charge in [0.1, 0.15) is 12.1 Å². The largest absolute Gasteiger partial charge is 0.417 e. The van der Waals surface area contributed by atoms with Crippen molar-refractivity contribution in [2.24, 2.45) is 0 Å². The quantitative estimate of drug-likeness (QED) is 0.435.